The van der Waals surface area contributed by atoms with Crippen molar-refractivity contribution in [3.8, 4) is 0 Å². The molecule has 0 fully saturated rings. The van der Waals surface area contributed by atoms with Gasteiger partial charge in [-0.15, -0.1) is 0 Å². The van der Waals surface area contributed by atoms with Crippen molar-refractivity contribution >= 4 is 17.4 Å². The number of hydrogen-bond donors (Lipinski definition) is 2. The Morgan fingerprint density at radius 1 is 1.35 bits per heavy atom. The van der Waals surface area contributed by atoms with E-state index in [0.29, 0.717) is 18.0 Å². The zero-order valence-electron chi connectivity index (χ0n) is 12.9. The maximum atomic E-state index is 11.8. The number of anilines is 2. The molecule has 0 aliphatic carbocycles. The predicted octanol–water partition coefficient (Wildman–Crippen LogP) is 2.24. The second-order valence-corrected chi connectivity index (χ2v) is 5.24. The van der Waals surface area contributed by atoms with Crippen molar-refractivity contribution in [1.82, 2.24) is 4.98 Å². The first-order chi connectivity index (χ1) is 9.47. The number of rotatable bonds is 7. The van der Waals surface area contributed by atoms with Crippen LogP contribution in [-0.4, -0.2) is 30.0 Å². The van der Waals surface area contributed by atoms with Gasteiger partial charge >= 0.3 is 0 Å². The molecule has 1 aromatic heterocycles. The Morgan fingerprint density at radius 2 is 2.00 bits per heavy atom. The van der Waals surface area contributed by atoms with Gasteiger partial charge in [0.1, 0.15) is 5.82 Å². The van der Waals surface area contributed by atoms with Crippen molar-refractivity contribution in [3.05, 3.63) is 18.3 Å². The zero-order valence-corrected chi connectivity index (χ0v) is 12.9. The largest absolute Gasteiger partial charge is 0.357 e. The molecule has 1 atom stereocenters. The van der Waals surface area contributed by atoms with Gasteiger partial charge < -0.3 is 16.0 Å². The molecule has 0 aliphatic rings. The summed E-state index contributed by atoms with van der Waals surface area (Å²) in [6.07, 6.45) is 2.02. The monoisotopic (exact) mass is 278 g/mol. The molecule has 0 radical (unpaired) electrons. The number of nitrogens with one attached hydrogen (secondary N) is 1. The van der Waals surface area contributed by atoms with E-state index in [-0.39, 0.29) is 11.9 Å². The first-order valence-electron chi connectivity index (χ1n) is 7.24. The summed E-state index contributed by atoms with van der Waals surface area (Å²) in [5, 5.41) is 2.83. The quantitative estimate of drug-likeness (QED) is 0.802. The van der Waals surface area contributed by atoms with Crippen LogP contribution in [0.25, 0.3) is 0 Å². The molecule has 1 amide bonds. The highest BCUT2D eigenvalue weighted by atomic mass is 16.1. The van der Waals surface area contributed by atoms with Crippen LogP contribution < -0.4 is 16.0 Å². The van der Waals surface area contributed by atoms with Gasteiger partial charge in [0.2, 0.25) is 5.91 Å². The summed E-state index contributed by atoms with van der Waals surface area (Å²) in [6, 6.07) is 3.68. The fourth-order valence-electron chi connectivity index (χ4n) is 1.86. The first kappa shape index (κ1) is 16.4. The molecule has 0 saturated carbocycles. The third kappa shape index (κ3) is 4.81. The summed E-state index contributed by atoms with van der Waals surface area (Å²) in [5.41, 5.74) is 6.60. The third-order valence-electron chi connectivity index (χ3n) is 3.40. The average Bonchev–Trinajstić information content (AvgIpc) is 2.41. The van der Waals surface area contributed by atoms with Crippen LogP contribution in [-0.2, 0) is 4.79 Å². The SMILES string of the molecule is CCN(CC)c1ccc(NC(=O)CC(N)C(C)C)cn1. The number of hydrogen-bond acceptors (Lipinski definition) is 4. The van der Waals surface area contributed by atoms with Gasteiger partial charge in [0.25, 0.3) is 0 Å². The highest BCUT2D eigenvalue weighted by molar-refractivity contribution is 5.91. The molecule has 1 heterocycles. The fourth-order valence-corrected chi connectivity index (χ4v) is 1.86. The van der Waals surface area contributed by atoms with Crippen molar-refractivity contribution in [2.24, 2.45) is 11.7 Å². The number of aromatic nitrogens is 1. The number of pyridine rings is 1. The van der Waals surface area contributed by atoms with Gasteiger partial charge in [-0.25, -0.2) is 4.98 Å². The van der Waals surface area contributed by atoms with Crippen LogP contribution in [0.4, 0.5) is 11.5 Å². The number of carbonyl (C=O) groups is 1. The van der Waals surface area contributed by atoms with Gasteiger partial charge in [0.05, 0.1) is 11.9 Å². The van der Waals surface area contributed by atoms with E-state index >= 15 is 0 Å². The van der Waals surface area contributed by atoms with Crippen LogP contribution in [0.2, 0.25) is 0 Å². The second-order valence-electron chi connectivity index (χ2n) is 5.24. The third-order valence-corrected chi connectivity index (χ3v) is 3.40. The summed E-state index contributed by atoms with van der Waals surface area (Å²) < 4.78 is 0. The Morgan fingerprint density at radius 3 is 2.45 bits per heavy atom. The summed E-state index contributed by atoms with van der Waals surface area (Å²) >= 11 is 0. The smallest absolute Gasteiger partial charge is 0.225 e. The molecule has 1 rings (SSSR count). The van der Waals surface area contributed by atoms with Crippen molar-refractivity contribution in [2.45, 2.75) is 40.2 Å². The van der Waals surface area contributed by atoms with E-state index in [1.165, 1.54) is 0 Å². The predicted molar refractivity (Wildman–Crippen MR) is 83.9 cm³/mol. The van der Waals surface area contributed by atoms with E-state index in [4.69, 9.17) is 5.73 Å². The topological polar surface area (TPSA) is 71.2 Å². The highest BCUT2D eigenvalue weighted by Gasteiger charge is 2.13. The first-order valence-corrected chi connectivity index (χ1v) is 7.24. The molecule has 3 N–H and O–H groups in total. The van der Waals surface area contributed by atoms with Crippen molar-refractivity contribution in [1.29, 1.82) is 0 Å². The molecule has 0 aromatic carbocycles. The van der Waals surface area contributed by atoms with E-state index in [1.807, 2.05) is 26.0 Å². The van der Waals surface area contributed by atoms with E-state index < -0.39 is 0 Å². The minimum atomic E-state index is -0.113. The summed E-state index contributed by atoms with van der Waals surface area (Å²) in [7, 11) is 0. The zero-order chi connectivity index (χ0) is 15.1. The van der Waals surface area contributed by atoms with Gasteiger partial charge in [-0.05, 0) is 31.9 Å². The van der Waals surface area contributed by atoms with Crippen LogP contribution >= 0.6 is 0 Å². The van der Waals surface area contributed by atoms with Crippen LogP contribution in [0.5, 0.6) is 0 Å². The summed E-state index contributed by atoms with van der Waals surface area (Å²) in [5.74, 6) is 1.15. The molecule has 0 aliphatic heterocycles. The Hall–Kier alpha value is -1.62. The lowest BCUT2D eigenvalue weighted by Gasteiger charge is -2.20. The Balaban J connectivity index is 2.59. The lowest BCUT2D eigenvalue weighted by Crippen LogP contribution is -2.31. The molecule has 1 unspecified atom stereocenters. The molecular formula is C15H26N4O. The van der Waals surface area contributed by atoms with Gasteiger partial charge in [0, 0.05) is 25.6 Å². The Bertz CT molecular complexity index is 412. The number of nitrogens with two attached hydrogens (primary N) is 1. The van der Waals surface area contributed by atoms with E-state index in [0.717, 1.165) is 18.9 Å². The lowest BCUT2D eigenvalue weighted by molar-refractivity contribution is -0.116. The number of carbonyl (C=O) groups excluding carboxylic acids is 1. The molecule has 1 aromatic rings. The fraction of sp³-hybridized carbons (Fsp3) is 0.600. The maximum Gasteiger partial charge on any atom is 0.225 e. The van der Waals surface area contributed by atoms with Crippen molar-refractivity contribution < 1.29 is 4.79 Å². The second kappa shape index (κ2) is 7.85. The highest BCUT2D eigenvalue weighted by Crippen LogP contribution is 2.14. The van der Waals surface area contributed by atoms with Crippen molar-refractivity contribution in [3.63, 3.8) is 0 Å². The summed E-state index contributed by atoms with van der Waals surface area (Å²) in [6.45, 7) is 10.0. The molecular weight excluding hydrogens is 252 g/mol. The Kier molecular flexibility index (Phi) is 6.45. The van der Waals surface area contributed by atoms with Crippen LogP contribution in [0, 0.1) is 5.92 Å². The number of amides is 1. The molecule has 0 spiro atoms. The maximum absolute atomic E-state index is 11.8. The molecule has 0 saturated heterocycles. The van der Waals surface area contributed by atoms with E-state index in [2.05, 4.69) is 29.0 Å². The Labute approximate surface area is 121 Å². The summed E-state index contributed by atoms with van der Waals surface area (Å²) in [4.78, 5) is 18.4. The van der Waals surface area contributed by atoms with Crippen molar-refractivity contribution in [2.75, 3.05) is 23.3 Å². The van der Waals surface area contributed by atoms with Crippen LogP contribution in [0.3, 0.4) is 0 Å². The molecule has 20 heavy (non-hydrogen) atoms. The van der Waals surface area contributed by atoms with Crippen LogP contribution in [0.1, 0.15) is 34.1 Å². The molecule has 5 nitrogen and oxygen atoms in total. The molecule has 0 bridgehead atoms. The van der Waals surface area contributed by atoms with Gasteiger partial charge in [0.15, 0.2) is 0 Å². The average molecular weight is 278 g/mol. The van der Waals surface area contributed by atoms with E-state index in [1.54, 1.807) is 6.20 Å². The van der Waals surface area contributed by atoms with Gasteiger partial charge in [-0.2, -0.15) is 0 Å². The minimum Gasteiger partial charge on any atom is -0.357 e. The van der Waals surface area contributed by atoms with Gasteiger partial charge in [-0.3, -0.25) is 4.79 Å². The van der Waals surface area contributed by atoms with Gasteiger partial charge in [-0.1, -0.05) is 13.8 Å². The molecule has 5 heteroatoms. The number of nitrogens with zero attached hydrogens (tertiary/aromatic N) is 2. The minimum absolute atomic E-state index is 0.0661. The normalized spacial score (nSPS) is 12.3. The van der Waals surface area contributed by atoms with E-state index in [9.17, 15) is 4.79 Å². The molecule has 112 valence electrons. The van der Waals surface area contributed by atoms with Crippen LogP contribution in [0.15, 0.2) is 18.3 Å². The lowest BCUT2D eigenvalue weighted by atomic mass is 10.0. The standard InChI is InChI=1S/C15H26N4O/c1-5-19(6-2)14-8-7-12(10-17-14)18-15(20)9-13(16)11(3)4/h7-8,10-11,13H,5-6,9,16H2,1-4H3,(H,18,20).